The van der Waals surface area contributed by atoms with Gasteiger partial charge in [0, 0.05) is 29.8 Å². The topological polar surface area (TPSA) is 73.8 Å². The fourth-order valence-corrected chi connectivity index (χ4v) is 3.38. The van der Waals surface area contributed by atoms with Crippen molar-refractivity contribution in [2.24, 2.45) is 0 Å². The van der Waals surface area contributed by atoms with Crippen LogP contribution in [0, 0.1) is 0 Å². The van der Waals surface area contributed by atoms with Gasteiger partial charge in [0.15, 0.2) is 11.5 Å². The predicted molar refractivity (Wildman–Crippen MR) is 98.3 cm³/mol. The lowest BCUT2D eigenvalue weighted by Crippen LogP contribution is -1.97. The number of hydrogen-bond acceptors (Lipinski definition) is 4. The summed E-state index contributed by atoms with van der Waals surface area (Å²) in [5.41, 5.74) is 2.93. The minimum atomic E-state index is -1.09. The third-order valence-corrected chi connectivity index (χ3v) is 4.65. The lowest BCUT2D eigenvalue weighted by Gasteiger charge is -2.06. The molecule has 27 heavy (non-hydrogen) atoms. The molecule has 1 N–H and O–H groups in total. The van der Waals surface area contributed by atoms with Crippen LogP contribution in [0.25, 0.3) is 22.2 Å². The van der Waals surface area contributed by atoms with Crippen molar-refractivity contribution in [2.75, 3.05) is 6.79 Å². The summed E-state index contributed by atoms with van der Waals surface area (Å²) >= 11 is 0. The molecule has 1 aliphatic heterocycles. The predicted octanol–water partition coefficient (Wildman–Crippen LogP) is 4.38. The molecule has 5 rings (SSSR count). The number of carboxylic acid groups (broad SMARTS) is 1. The number of benzene rings is 2. The number of carboxylic acids is 1. The number of rotatable bonds is 4. The Hall–Kier alpha value is -3.67. The highest BCUT2D eigenvalue weighted by Crippen LogP contribution is 2.41. The first-order chi connectivity index (χ1) is 13.2. The third kappa shape index (κ3) is 2.62. The van der Waals surface area contributed by atoms with Gasteiger partial charge in [0.05, 0.1) is 5.52 Å². The molecular formula is C21H15NO5. The van der Waals surface area contributed by atoms with Crippen LogP contribution in [0.2, 0.25) is 0 Å². The van der Waals surface area contributed by atoms with Crippen molar-refractivity contribution in [1.29, 1.82) is 0 Å². The summed E-state index contributed by atoms with van der Waals surface area (Å²) < 4.78 is 18.7. The second-order valence-corrected chi connectivity index (χ2v) is 6.35. The molecule has 1 aliphatic rings. The zero-order valence-corrected chi connectivity index (χ0v) is 14.2. The molecule has 0 fully saturated rings. The Labute approximate surface area is 154 Å². The van der Waals surface area contributed by atoms with Crippen molar-refractivity contribution in [3.05, 3.63) is 72.1 Å². The highest BCUT2D eigenvalue weighted by molar-refractivity contribution is 5.97. The molecule has 2 aromatic heterocycles. The van der Waals surface area contributed by atoms with Crippen molar-refractivity contribution < 1.29 is 23.8 Å². The van der Waals surface area contributed by atoms with Crippen molar-refractivity contribution in [3.8, 4) is 22.8 Å². The average molecular weight is 361 g/mol. The molecule has 134 valence electrons. The minimum absolute atomic E-state index is 0.0882. The Bertz CT molecular complexity index is 1160. The van der Waals surface area contributed by atoms with Gasteiger partial charge in [-0.3, -0.25) is 0 Å². The Morgan fingerprint density at radius 2 is 1.81 bits per heavy atom. The molecule has 4 aromatic rings. The van der Waals surface area contributed by atoms with E-state index in [1.54, 1.807) is 6.07 Å². The van der Waals surface area contributed by atoms with E-state index >= 15 is 0 Å². The summed E-state index contributed by atoms with van der Waals surface area (Å²) in [6, 6.07) is 17.1. The first-order valence-corrected chi connectivity index (χ1v) is 8.49. The van der Waals surface area contributed by atoms with Crippen LogP contribution in [-0.2, 0) is 6.54 Å². The van der Waals surface area contributed by atoms with Gasteiger partial charge in [-0.1, -0.05) is 30.3 Å². The van der Waals surface area contributed by atoms with Crippen molar-refractivity contribution in [1.82, 2.24) is 4.57 Å². The second kappa shape index (κ2) is 5.95. The van der Waals surface area contributed by atoms with Gasteiger partial charge in [0.25, 0.3) is 0 Å². The molecule has 0 bridgehead atoms. The molecule has 2 aromatic carbocycles. The van der Waals surface area contributed by atoms with E-state index in [0.29, 0.717) is 23.8 Å². The van der Waals surface area contributed by atoms with Gasteiger partial charge < -0.3 is 23.6 Å². The monoisotopic (exact) mass is 361 g/mol. The van der Waals surface area contributed by atoms with Gasteiger partial charge in [-0.25, -0.2) is 4.79 Å². The molecular weight excluding hydrogens is 346 g/mol. The molecule has 0 saturated carbocycles. The summed E-state index contributed by atoms with van der Waals surface area (Å²) in [7, 11) is 0. The number of nitrogens with zero attached hydrogens (tertiary/aromatic N) is 1. The maximum absolute atomic E-state index is 11.2. The molecule has 6 nitrogen and oxygen atoms in total. The van der Waals surface area contributed by atoms with Gasteiger partial charge in [0.2, 0.25) is 12.6 Å². The first kappa shape index (κ1) is 15.6. The van der Waals surface area contributed by atoms with Gasteiger partial charge in [-0.05, 0) is 23.8 Å². The van der Waals surface area contributed by atoms with Crippen LogP contribution >= 0.6 is 0 Å². The molecule has 3 heterocycles. The summed E-state index contributed by atoms with van der Waals surface area (Å²) in [6.07, 6.45) is 1.97. The van der Waals surface area contributed by atoms with Crippen LogP contribution in [-0.4, -0.2) is 22.4 Å². The quantitative estimate of drug-likeness (QED) is 0.584. The molecule has 6 heteroatoms. The van der Waals surface area contributed by atoms with E-state index in [-0.39, 0.29) is 12.6 Å². The zero-order valence-electron chi connectivity index (χ0n) is 14.2. The number of hydrogen-bond donors (Lipinski definition) is 1. The van der Waals surface area contributed by atoms with Crippen LogP contribution < -0.4 is 9.47 Å². The number of fused-ring (bicyclic) bond motifs is 2. The zero-order chi connectivity index (χ0) is 18.4. The average Bonchev–Trinajstić information content (AvgIpc) is 3.39. The van der Waals surface area contributed by atoms with E-state index in [2.05, 4.69) is 16.7 Å². The first-order valence-electron chi connectivity index (χ1n) is 8.49. The van der Waals surface area contributed by atoms with E-state index in [9.17, 15) is 4.79 Å². The molecule has 0 unspecified atom stereocenters. The minimum Gasteiger partial charge on any atom is -0.475 e. The molecule has 0 atom stereocenters. The maximum atomic E-state index is 11.2. The lowest BCUT2D eigenvalue weighted by atomic mass is 10.1. The highest BCUT2D eigenvalue weighted by atomic mass is 16.7. The number of ether oxygens (including phenoxy) is 2. The van der Waals surface area contributed by atoms with Crippen molar-refractivity contribution in [2.45, 2.75) is 6.54 Å². The Morgan fingerprint density at radius 3 is 2.56 bits per heavy atom. The van der Waals surface area contributed by atoms with E-state index in [1.807, 2.05) is 36.5 Å². The fourth-order valence-electron chi connectivity index (χ4n) is 3.38. The number of aromatic nitrogens is 1. The van der Waals surface area contributed by atoms with Crippen molar-refractivity contribution >= 4 is 16.9 Å². The van der Waals surface area contributed by atoms with E-state index in [0.717, 1.165) is 22.0 Å². The number of aromatic carboxylic acids is 1. The molecule has 0 radical (unpaired) electrons. The lowest BCUT2D eigenvalue weighted by molar-refractivity contribution is 0.0663. The van der Waals surface area contributed by atoms with E-state index in [4.69, 9.17) is 19.0 Å². The van der Waals surface area contributed by atoms with E-state index < -0.39 is 5.97 Å². The second-order valence-electron chi connectivity index (χ2n) is 6.35. The van der Waals surface area contributed by atoms with Gasteiger partial charge in [-0.2, -0.15) is 0 Å². The standard InChI is InChI=1S/C21H15NO5/c23-21(24)18-7-6-17(27-18)15-11-22(10-13-4-2-1-3-5-13)16-9-20-19(8-14(15)16)25-12-26-20/h1-9,11H,10,12H2,(H,23,24). The molecule has 0 aliphatic carbocycles. The SMILES string of the molecule is O=C(O)c1ccc(-c2cn(Cc3ccccc3)c3cc4c(cc23)OCO4)o1. The van der Waals surface area contributed by atoms with Crippen LogP contribution in [0.4, 0.5) is 0 Å². The molecule has 0 amide bonds. The Morgan fingerprint density at radius 1 is 1.04 bits per heavy atom. The molecule has 0 saturated heterocycles. The molecule has 0 spiro atoms. The van der Waals surface area contributed by atoms with Gasteiger partial charge >= 0.3 is 5.97 Å². The summed E-state index contributed by atoms with van der Waals surface area (Å²) in [6.45, 7) is 0.864. The van der Waals surface area contributed by atoms with Gasteiger partial charge in [-0.15, -0.1) is 0 Å². The third-order valence-electron chi connectivity index (χ3n) is 4.65. The smallest absolute Gasteiger partial charge is 0.371 e. The normalized spacial score (nSPS) is 12.6. The number of carbonyl (C=O) groups is 1. The Kier molecular flexibility index (Phi) is 3.43. The summed E-state index contributed by atoms with van der Waals surface area (Å²) in [5, 5.41) is 10.1. The van der Waals surface area contributed by atoms with Crippen LogP contribution in [0.3, 0.4) is 0 Å². The fraction of sp³-hybridized carbons (Fsp3) is 0.0952. The maximum Gasteiger partial charge on any atom is 0.371 e. The van der Waals surface area contributed by atoms with Crippen molar-refractivity contribution in [3.63, 3.8) is 0 Å². The van der Waals surface area contributed by atoms with Gasteiger partial charge in [0.1, 0.15) is 5.76 Å². The summed E-state index contributed by atoms with van der Waals surface area (Å²) in [4.78, 5) is 11.2. The summed E-state index contributed by atoms with van der Waals surface area (Å²) in [5.74, 6) is 0.697. The Balaban J connectivity index is 1.69. The highest BCUT2D eigenvalue weighted by Gasteiger charge is 2.21. The van der Waals surface area contributed by atoms with Crippen LogP contribution in [0.15, 0.2) is 65.2 Å². The largest absolute Gasteiger partial charge is 0.475 e. The van der Waals surface area contributed by atoms with Crippen LogP contribution in [0.1, 0.15) is 16.1 Å². The number of furan rings is 1. The van der Waals surface area contributed by atoms with E-state index in [1.165, 1.54) is 6.07 Å². The van der Waals surface area contributed by atoms with Crippen LogP contribution in [0.5, 0.6) is 11.5 Å².